The molecule has 0 fully saturated rings. The van der Waals surface area contributed by atoms with Crippen molar-refractivity contribution in [3.05, 3.63) is 40.6 Å². The Morgan fingerprint density at radius 1 is 1.57 bits per heavy atom. The van der Waals surface area contributed by atoms with Gasteiger partial charge in [-0.15, -0.1) is 0 Å². The first-order chi connectivity index (χ1) is 10.0. The summed E-state index contributed by atoms with van der Waals surface area (Å²) in [6, 6.07) is 3.18. The Hall–Kier alpha value is -1.72. The van der Waals surface area contributed by atoms with Crippen molar-refractivity contribution >= 4 is 17.4 Å². The molecule has 21 heavy (non-hydrogen) atoms. The number of pyridine rings is 1. The van der Waals surface area contributed by atoms with Crippen molar-refractivity contribution < 1.29 is 14.3 Å². The maximum Gasteiger partial charge on any atom is 0.222 e. The predicted octanol–water partition coefficient (Wildman–Crippen LogP) is 3.37. The fourth-order valence-corrected chi connectivity index (χ4v) is 3.36. The highest BCUT2D eigenvalue weighted by Crippen LogP contribution is 2.42. The third-order valence-electron chi connectivity index (χ3n) is 3.79. The lowest BCUT2D eigenvalue weighted by Gasteiger charge is -2.23. The van der Waals surface area contributed by atoms with Crippen LogP contribution in [-0.4, -0.2) is 20.4 Å². The lowest BCUT2D eigenvalue weighted by Crippen LogP contribution is -2.17. The minimum absolute atomic E-state index is 0.186. The molecule has 4 nitrogen and oxygen atoms in total. The fourth-order valence-electron chi connectivity index (χ4n) is 2.92. The molecule has 3 rings (SSSR count). The summed E-state index contributed by atoms with van der Waals surface area (Å²) >= 11 is 6.34. The Labute approximate surface area is 126 Å². The van der Waals surface area contributed by atoms with Gasteiger partial charge in [0.15, 0.2) is 5.78 Å². The van der Waals surface area contributed by atoms with Gasteiger partial charge in [0.05, 0.1) is 33.6 Å². The smallest absolute Gasteiger partial charge is 0.222 e. The van der Waals surface area contributed by atoms with Crippen LogP contribution in [-0.2, 0) is 6.54 Å². The lowest BCUT2D eigenvalue weighted by molar-refractivity contribution is 0.0995. The Bertz CT molecular complexity index is 727. The van der Waals surface area contributed by atoms with Crippen molar-refractivity contribution in [3.8, 4) is 11.3 Å². The summed E-state index contributed by atoms with van der Waals surface area (Å²) in [7, 11) is 0. The van der Waals surface area contributed by atoms with Crippen LogP contribution in [0, 0.1) is 5.95 Å². The molecule has 6 heteroatoms. The minimum atomic E-state index is -0.761. The van der Waals surface area contributed by atoms with Crippen LogP contribution in [0.25, 0.3) is 11.3 Å². The Morgan fingerprint density at radius 2 is 2.33 bits per heavy atom. The van der Waals surface area contributed by atoms with Crippen molar-refractivity contribution in [2.24, 2.45) is 0 Å². The number of hydrogen-bond donors (Lipinski definition) is 1. The molecule has 1 aliphatic heterocycles. The summed E-state index contributed by atoms with van der Waals surface area (Å²) in [6.45, 7) is 1.98. The van der Waals surface area contributed by atoms with E-state index in [2.05, 4.69) is 4.98 Å². The number of fused-ring (bicyclic) bond motifs is 1. The monoisotopic (exact) mass is 308 g/mol. The molecule has 0 radical (unpaired) electrons. The maximum atomic E-state index is 14.0. The highest BCUT2D eigenvalue weighted by molar-refractivity contribution is 6.36. The molecule has 0 aliphatic carbocycles. The second kappa shape index (κ2) is 5.24. The average Bonchev–Trinajstić information content (AvgIpc) is 2.73. The number of nitrogens with zero attached hydrogens (tertiary/aromatic N) is 2. The second-order valence-electron chi connectivity index (χ2n) is 5.13. The number of halogens is 2. The highest BCUT2D eigenvalue weighted by Gasteiger charge is 2.32. The Morgan fingerprint density at radius 3 is 3.00 bits per heavy atom. The quantitative estimate of drug-likeness (QED) is 0.683. The molecule has 0 saturated carbocycles. The third kappa shape index (κ3) is 2.17. The maximum absolute atomic E-state index is 14.0. The minimum Gasteiger partial charge on any atom is -0.387 e. The number of hydrogen-bond acceptors (Lipinski definition) is 3. The van der Waals surface area contributed by atoms with Gasteiger partial charge in [-0.1, -0.05) is 11.6 Å². The SMILES string of the molecule is CC(=O)c1c(Cl)c(-c2cccnc2F)n2c1C(O)CCC2. The van der Waals surface area contributed by atoms with Crippen LogP contribution in [0.1, 0.15) is 41.9 Å². The van der Waals surface area contributed by atoms with Gasteiger partial charge in [-0.2, -0.15) is 4.39 Å². The summed E-state index contributed by atoms with van der Waals surface area (Å²) in [5.74, 6) is -0.880. The van der Waals surface area contributed by atoms with Gasteiger partial charge in [0.25, 0.3) is 0 Å². The lowest BCUT2D eigenvalue weighted by atomic mass is 10.0. The van der Waals surface area contributed by atoms with Crippen LogP contribution < -0.4 is 0 Å². The molecule has 0 aromatic carbocycles. The fraction of sp³-hybridized carbons (Fsp3) is 0.333. The normalized spacial score (nSPS) is 17.6. The van der Waals surface area contributed by atoms with E-state index in [-0.39, 0.29) is 21.9 Å². The summed E-state index contributed by atoms with van der Waals surface area (Å²) in [4.78, 5) is 15.5. The number of carbonyl (C=O) groups is 1. The zero-order valence-corrected chi connectivity index (χ0v) is 12.2. The van der Waals surface area contributed by atoms with Crippen molar-refractivity contribution in [1.82, 2.24) is 9.55 Å². The highest BCUT2D eigenvalue weighted by atomic mass is 35.5. The van der Waals surface area contributed by atoms with E-state index in [0.29, 0.717) is 24.4 Å². The first-order valence-corrected chi connectivity index (χ1v) is 7.12. The van der Waals surface area contributed by atoms with Crippen molar-refractivity contribution in [1.29, 1.82) is 0 Å². The van der Waals surface area contributed by atoms with Gasteiger partial charge >= 0.3 is 0 Å². The van der Waals surface area contributed by atoms with E-state index in [0.717, 1.165) is 6.42 Å². The first kappa shape index (κ1) is 14.2. The number of aromatic nitrogens is 2. The molecule has 0 saturated heterocycles. The second-order valence-corrected chi connectivity index (χ2v) is 5.51. The van der Waals surface area contributed by atoms with Gasteiger partial charge in [0.1, 0.15) is 0 Å². The molecule has 0 bridgehead atoms. The van der Waals surface area contributed by atoms with Crippen molar-refractivity contribution in [2.75, 3.05) is 0 Å². The van der Waals surface area contributed by atoms with E-state index in [1.165, 1.54) is 13.1 Å². The van der Waals surface area contributed by atoms with E-state index >= 15 is 0 Å². The van der Waals surface area contributed by atoms with Crippen LogP contribution in [0.4, 0.5) is 4.39 Å². The molecule has 0 spiro atoms. The van der Waals surface area contributed by atoms with E-state index in [9.17, 15) is 14.3 Å². The number of aliphatic hydroxyl groups is 1. The molecule has 3 heterocycles. The van der Waals surface area contributed by atoms with Crippen LogP contribution in [0.5, 0.6) is 0 Å². The van der Waals surface area contributed by atoms with E-state index in [1.807, 2.05) is 0 Å². The van der Waals surface area contributed by atoms with E-state index < -0.39 is 12.1 Å². The van der Waals surface area contributed by atoms with Crippen LogP contribution in [0.15, 0.2) is 18.3 Å². The van der Waals surface area contributed by atoms with Crippen molar-refractivity contribution in [2.45, 2.75) is 32.4 Å². The molecule has 1 unspecified atom stereocenters. The summed E-state index contributed by atoms with van der Waals surface area (Å²) in [5.41, 5.74) is 1.42. The number of aliphatic hydroxyl groups excluding tert-OH is 1. The van der Waals surface area contributed by atoms with E-state index in [1.54, 1.807) is 16.7 Å². The van der Waals surface area contributed by atoms with Gasteiger partial charge in [-0.25, -0.2) is 4.98 Å². The Kier molecular flexibility index (Phi) is 3.55. The molecule has 2 aromatic rings. The first-order valence-electron chi connectivity index (χ1n) is 6.74. The van der Waals surface area contributed by atoms with Gasteiger partial charge in [-0.05, 0) is 31.9 Å². The summed E-state index contributed by atoms with van der Waals surface area (Å²) < 4.78 is 15.7. The van der Waals surface area contributed by atoms with E-state index in [4.69, 9.17) is 11.6 Å². The molecule has 110 valence electrons. The molecule has 1 aliphatic rings. The van der Waals surface area contributed by atoms with Gasteiger partial charge in [0.2, 0.25) is 5.95 Å². The number of rotatable bonds is 2. The largest absolute Gasteiger partial charge is 0.387 e. The number of ketones is 1. The van der Waals surface area contributed by atoms with Gasteiger partial charge in [-0.3, -0.25) is 4.79 Å². The zero-order valence-electron chi connectivity index (χ0n) is 11.4. The topological polar surface area (TPSA) is 55.1 Å². The summed E-state index contributed by atoms with van der Waals surface area (Å²) in [6.07, 6.45) is 1.90. The van der Waals surface area contributed by atoms with Crippen LogP contribution in [0.3, 0.4) is 0 Å². The molecular weight excluding hydrogens is 295 g/mol. The van der Waals surface area contributed by atoms with Crippen molar-refractivity contribution in [3.63, 3.8) is 0 Å². The third-order valence-corrected chi connectivity index (χ3v) is 4.15. The van der Waals surface area contributed by atoms with Gasteiger partial charge < -0.3 is 9.67 Å². The van der Waals surface area contributed by atoms with Crippen LogP contribution in [0.2, 0.25) is 5.02 Å². The van der Waals surface area contributed by atoms with Gasteiger partial charge in [0, 0.05) is 12.7 Å². The predicted molar refractivity (Wildman–Crippen MR) is 76.8 cm³/mol. The molecular formula is C15H14ClFN2O2. The molecule has 1 N–H and O–H groups in total. The molecule has 1 atom stereocenters. The standard InChI is InChI=1S/C15H14ClFN2O2/c1-8(20)11-12(16)13(9-4-2-6-18-15(9)17)19-7-3-5-10(21)14(11)19/h2,4,6,10,21H,3,5,7H2,1H3. The van der Waals surface area contributed by atoms with Crippen LogP contribution >= 0.6 is 11.6 Å². The number of carbonyl (C=O) groups excluding carboxylic acids is 1. The Balaban J connectivity index is 2.34. The summed E-state index contributed by atoms with van der Waals surface area (Å²) in [5, 5.41) is 10.4. The molecule has 0 amide bonds. The average molecular weight is 309 g/mol. The molecule has 2 aromatic heterocycles. The number of Topliss-reactive ketones (excluding diaryl/α,β-unsaturated/α-hetero) is 1. The zero-order chi connectivity index (χ0) is 15.1.